The summed E-state index contributed by atoms with van der Waals surface area (Å²) in [5.41, 5.74) is 1.19. The molecule has 0 fully saturated rings. The molecule has 3 heteroatoms. The van der Waals surface area contributed by atoms with Gasteiger partial charge in [-0.3, -0.25) is 4.79 Å². The van der Waals surface area contributed by atoms with Crippen molar-refractivity contribution in [2.45, 2.75) is 26.2 Å². The molecule has 0 radical (unpaired) electrons. The molecule has 0 saturated carbocycles. The number of rotatable bonds is 2. The van der Waals surface area contributed by atoms with Crippen molar-refractivity contribution < 1.29 is 9.53 Å². The van der Waals surface area contributed by atoms with E-state index in [0.29, 0.717) is 12.4 Å². The zero-order chi connectivity index (χ0) is 9.90. The number of carbonyl (C=O) groups is 1. The minimum absolute atomic E-state index is 0.0761. The normalized spacial score (nSPS) is 11.0. The minimum Gasteiger partial charge on any atom is -0.410 e. The first-order valence-electron chi connectivity index (χ1n) is 4.11. The van der Waals surface area contributed by atoms with Gasteiger partial charge in [-0.2, -0.15) is 0 Å². The molecule has 0 aliphatic heterocycles. The number of hydrogen-bond donors (Lipinski definition) is 0. The van der Waals surface area contributed by atoms with Crippen molar-refractivity contribution in [1.29, 1.82) is 0 Å². The second kappa shape index (κ2) is 3.56. The lowest BCUT2D eigenvalue weighted by Gasteiger charge is -2.17. The molecule has 0 aliphatic carbocycles. The van der Waals surface area contributed by atoms with Crippen molar-refractivity contribution in [2.24, 2.45) is 0 Å². The Hall–Kier alpha value is -1.38. The number of pyridine rings is 1. The van der Waals surface area contributed by atoms with Crippen LogP contribution in [-0.4, -0.2) is 11.5 Å². The summed E-state index contributed by atoms with van der Waals surface area (Å²) >= 11 is 0. The molecule has 1 aromatic rings. The standard InChI is InChI=1S/C10H13NO2/c1-10(2,3)8-4-5-9(11-6-8)13-7-12/h4-7H,1-3H3. The van der Waals surface area contributed by atoms with Crippen LogP contribution in [0.1, 0.15) is 26.3 Å². The van der Waals surface area contributed by atoms with Crippen LogP contribution in [0, 0.1) is 0 Å². The molecule has 0 atom stereocenters. The molecule has 1 heterocycles. The van der Waals surface area contributed by atoms with Gasteiger partial charge in [0, 0.05) is 12.3 Å². The van der Waals surface area contributed by atoms with Crippen molar-refractivity contribution >= 4 is 6.47 Å². The van der Waals surface area contributed by atoms with E-state index in [9.17, 15) is 4.79 Å². The van der Waals surface area contributed by atoms with Gasteiger partial charge in [-0.15, -0.1) is 0 Å². The Bertz CT molecular complexity index is 285. The second-order valence-electron chi connectivity index (χ2n) is 3.85. The molecule has 70 valence electrons. The van der Waals surface area contributed by atoms with Crippen LogP contribution in [0.5, 0.6) is 5.88 Å². The summed E-state index contributed by atoms with van der Waals surface area (Å²) in [6, 6.07) is 3.60. The molecule has 0 aliphatic rings. The van der Waals surface area contributed by atoms with Crippen molar-refractivity contribution in [3.8, 4) is 5.88 Å². The smallest absolute Gasteiger partial charge is 0.299 e. The highest BCUT2D eigenvalue weighted by Gasteiger charge is 2.13. The summed E-state index contributed by atoms with van der Waals surface area (Å²) in [6.45, 7) is 6.68. The van der Waals surface area contributed by atoms with E-state index in [2.05, 4.69) is 30.5 Å². The van der Waals surface area contributed by atoms with Crippen LogP contribution in [0.2, 0.25) is 0 Å². The SMILES string of the molecule is CC(C)(C)c1ccc(OC=O)nc1. The van der Waals surface area contributed by atoms with E-state index in [-0.39, 0.29) is 5.41 Å². The van der Waals surface area contributed by atoms with Gasteiger partial charge in [0.1, 0.15) is 0 Å². The molecule has 0 unspecified atom stereocenters. The Balaban J connectivity index is 2.87. The predicted molar refractivity (Wildman–Crippen MR) is 49.6 cm³/mol. The number of carbonyl (C=O) groups excluding carboxylic acids is 1. The van der Waals surface area contributed by atoms with Gasteiger partial charge in [-0.1, -0.05) is 26.8 Å². The molecule has 1 rings (SSSR count). The number of aromatic nitrogens is 1. The first kappa shape index (κ1) is 9.71. The summed E-state index contributed by atoms with van der Waals surface area (Å²) in [5.74, 6) is 0.336. The molecule has 0 spiro atoms. The van der Waals surface area contributed by atoms with Gasteiger partial charge in [0.2, 0.25) is 5.88 Å². The van der Waals surface area contributed by atoms with E-state index in [1.807, 2.05) is 6.07 Å². The molecule has 0 aromatic carbocycles. The number of nitrogens with zero attached hydrogens (tertiary/aromatic N) is 1. The van der Waals surface area contributed by atoms with E-state index in [1.165, 1.54) is 0 Å². The van der Waals surface area contributed by atoms with Gasteiger partial charge < -0.3 is 4.74 Å². The highest BCUT2D eigenvalue weighted by Crippen LogP contribution is 2.22. The van der Waals surface area contributed by atoms with Gasteiger partial charge in [0.25, 0.3) is 6.47 Å². The summed E-state index contributed by atoms with van der Waals surface area (Å²) in [6.07, 6.45) is 1.72. The molecular formula is C10H13NO2. The van der Waals surface area contributed by atoms with Crippen LogP contribution in [0.25, 0.3) is 0 Å². The molecule has 1 aromatic heterocycles. The third-order valence-electron chi connectivity index (χ3n) is 1.77. The van der Waals surface area contributed by atoms with E-state index in [1.54, 1.807) is 12.3 Å². The van der Waals surface area contributed by atoms with Gasteiger partial charge in [-0.25, -0.2) is 4.98 Å². The largest absolute Gasteiger partial charge is 0.410 e. The first-order valence-corrected chi connectivity index (χ1v) is 4.11. The lowest BCUT2D eigenvalue weighted by Crippen LogP contribution is -2.11. The van der Waals surface area contributed by atoms with Crippen LogP contribution in [0.15, 0.2) is 18.3 Å². The Kier molecular flexibility index (Phi) is 2.66. The molecule has 0 amide bonds. The Morgan fingerprint density at radius 3 is 2.46 bits per heavy atom. The van der Waals surface area contributed by atoms with Crippen LogP contribution in [0.4, 0.5) is 0 Å². The Labute approximate surface area is 77.8 Å². The quantitative estimate of drug-likeness (QED) is 0.651. The fourth-order valence-electron chi connectivity index (χ4n) is 0.943. The average Bonchev–Trinajstić information content (AvgIpc) is 2.04. The van der Waals surface area contributed by atoms with Gasteiger partial charge in [0.15, 0.2) is 0 Å². The second-order valence-corrected chi connectivity index (χ2v) is 3.85. The lowest BCUT2D eigenvalue weighted by molar-refractivity contribution is -0.120. The minimum atomic E-state index is 0.0761. The van der Waals surface area contributed by atoms with Crippen LogP contribution in [0.3, 0.4) is 0 Å². The maximum atomic E-state index is 9.99. The first-order chi connectivity index (χ1) is 6.04. The summed E-state index contributed by atoms with van der Waals surface area (Å²) in [7, 11) is 0. The van der Waals surface area contributed by atoms with Gasteiger partial charge in [-0.05, 0) is 11.0 Å². The van der Waals surface area contributed by atoms with E-state index < -0.39 is 0 Å². The van der Waals surface area contributed by atoms with Crippen molar-refractivity contribution in [1.82, 2.24) is 4.98 Å². The molecule has 0 saturated heterocycles. The number of ether oxygens (including phenoxy) is 1. The zero-order valence-electron chi connectivity index (χ0n) is 8.07. The molecule has 3 nitrogen and oxygen atoms in total. The lowest BCUT2D eigenvalue weighted by atomic mass is 9.88. The number of hydrogen-bond acceptors (Lipinski definition) is 3. The van der Waals surface area contributed by atoms with Crippen molar-refractivity contribution in [2.75, 3.05) is 0 Å². The van der Waals surface area contributed by atoms with E-state index in [0.717, 1.165) is 5.56 Å². The van der Waals surface area contributed by atoms with E-state index >= 15 is 0 Å². The van der Waals surface area contributed by atoms with Crippen molar-refractivity contribution in [3.05, 3.63) is 23.9 Å². The molecular weight excluding hydrogens is 166 g/mol. The maximum absolute atomic E-state index is 9.99. The third-order valence-corrected chi connectivity index (χ3v) is 1.77. The predicted octanol–water partition coefficient (Wildman–Crippen LogP) is 1.91. The highest BCUT2D eigenvalue weighted by atomic mass is 16.5. The van der Waals surface area contributed by atoms with Crippen LogP contribution in [-0.2, 0) is 10.2 Å². The monoisotopic (exact) mass is 179 g/mol. The maximum Gasteiger partial charge on any atom is 0.299 e. The fraction of sp³-hybridized carbons (Fsp3) is 0.400. The Morgan fingerprint density at radius 1 is 1.38 bits per heavy atom. The van der Waals surface area contributed by atoms with Crippen molar-refractivity contribution in [3.63, 3.8) is 0 Å². The Morgan fingerprint density at radius 2 is 2.08 bits per heavy atom. The van der Waals surface area contributed by atoms with Crippen LogP contribution >= 0.6 is 0 Å². The topological polar surface area (TPSA) is 39.2 Å². The summed E-state index contributed by atoms with van der Waals surface area (Å²) in [5, 5.41) is 0. The summed E-state index contributed by atoms with van der Waals surface area (Å²) in [4.78, 5) is 14.0. The average molecular weight is 179 g/mol. The molecule has 0 bridgehead atoms. The van der Waals surface area contributed by atoms with E-state index in [4.69, 9.17) is 0 Å². The van der Waals surface area contributed by atoms with Gasteiger partial charge in [0.05, 0.1) is 0 Å². The summed E-state index contributed by atoms with van der Waals surface area (Å²) < 4.78 is 4.58. The van der Waals surface area contributed by atoms with Gasteiger partial charge >= 0.3 is 0 Å². The molecule has 0 N–H and O–H groups in total. The third kappa shape index (κ3) is 2.54. The fourth-order valence-corrected chi connectivity index (χ4v) is 0.943. The highest BCUT2D eigenvalue weighted by molar-refractivity contribution is 5.43. The zero-order valence-corrected chi connectivity index (χ0v) is 8.07. The van der Waals surface area contributed by atoms with Crippen LogP contribution < -0.4 is 4.74 Å². The molecule has 13 heavy (non-hydrogen) atoms.